The van der Waals surface area contributed by atoms with Crippen molar-refractivity contribution in [2.24, 2.45) is 0 Å². The zero-order chi connectivity index (χ0) is 26.4. The third kappa shape index (κ3) is 5.48. The standard InChI is InChI=1S/C26H50N2P2Si4/c1-21-17-15-19-23(27-21)25(31(3,4)5,32(6,7)8)29-30-26(33(9,10)11,34(12,13)14)24-20-16-18-22(2)28-24/h15-20,29-30H,1-14H3. The van der Waals surface area contributed by atoms with Crippen molar-refractivity contribution in [3.8, 4) is 0 Å². The van der Waals surface area contributed by atoms with Crippen LogP contribution in [0.1, 0.15) is 22.8 Å². The number of nitrogens with zero attached hydrogens (tertiary/aromatic N) is 2. The predicted molar refractivity (Wildman–Crippen MR) is 171 cm³/mol. The van der Waals surface area contributed by atoms with E-state index in [4.69, 9.17) is 9.97 Å². The van der Waals surface area contributed by atoms with E-state index in [9.17, 15) is 0 Å². The third-order valence-electron chi connectivity index (χ3n) is 7.48. The van der Waals surface area contributed by atoms with Gasteiger partial charge < -0.3 is 0 Å². The van der Waals surface area contributed by atoms with Crippen LogP contribution in [0.25, 0.3) is 0 Å². The minimum atomic E-state index is -1.64. The van der Waals surface area contributed by atoms with Crippen molar-refractivity contribution in [3.63, 3.8) is 0 Å². The third-order valence-corrected chi connectivity index (χ3v) is 44.0. The monoisotopic (exact) mass is 564 g/mol. The molecule has 0 radical (unpaired) electrons. The molecule has 2 unspecified atom stereocenters. The number of pyridine rings is 2. The molecule has 2 nitrogen and oxygen atoms in total. The zero-order valence-corrected chi connectivity index (χ0v) is 30.4. The van der Waals surface area contributed by atoms with Crippen LogP contribution in [0, 0.1) is 13.8 Å². The molecule has 190 valence electrons. The van der Waals surface area contributed by atoms with Gasteiger partial charge in [0.2, 0.25) is 0 Å². The number of rotatable bonds is 9. The fraction of sp³-hybridized carbons (Fsp3) is 0.615. The van der Waals surface area contributed by atoms with Gasteiger partial charge in [-0.1, -0.05) is 107 Å². The number of hydrogen-bond acceptors (Lipinski definition) is 2. The molecular weight excluding hydrogens is 515 g/mol. The van der Waals surface area contributed by atoms with Crippen LogP contribution < -0.4 is 0 Å². The van der Waals surface area contributed by atoms with Gasteiger partial charge in [-0.3, -0.25) is 9.97 Å². The van der Waals surface area contributed by atoms with Crippen molar-refractivity contribution in [2.45, 2.75) is 101 Å². The van der Waals surface area contributed by atoms with Gasteiger partial charge in [0, 0.05) is 31.6 Å². The summed E-state index contributed by atoms with van der Waals surface area (Å²) in [6.45, 7) is 35.7. The lowest BCUT2D eigenvalue weighted by Gasteiger charge is -2.57. The lowest BCUT2D eigenvalue weighted by molar-refractivity contribution is 0.971. The molecule has 0 aromatic carbocycles. The van der Waals surface area contributed by atoms with Gasteiger partial charge >= 0.3 is 0 Å². The smallest absolute Gasteiger partial charge is 0.0598 e. The van der Waals surface area contributed by atoms with Crippen molar-refractivity contribution in [1.82, 2.24) is 9.97 Å². The van der Waals surface area contributed by atoms with Crippen LogP contribution in [-0.2, 0) is 8.81 Å². The fourth-order valence-corrected chi connectivity index (χ4v) is 52.5. The Labute approximate surface area is 218 Å². The minimum Gasteiger partial charge on any atom is -0.258 e. The second-order valence-corrected chi connectivity index (χ2v) is 41.6. The van der Waals surface area contributed by atoms with Crippen molar-refractivity contribution in [2.75, 3.05) is 0 Å². The van der Waals surface area contributed by atoms with E-state index in [-0.39, 0.29) is 8.81 Å². The highest BCUT2D eigenvalue weighted by molar-refractivity contribution is 8.16. The first-order valence-electron chi connectivity index (χ1n) is 12.6. The first kappa shape index (κ1) is 30.3. The molecule has 0 bridgehead atoms. The normalized spacial score (nSPS) is 15.1. The Morgan fingerprint density at radius 2 is 0.765 bits per heavy atom. The van der Waals surface area contributed by atoms with Gasteiger partial charge in [0.25, 0.3) is 0 Å². The maximum Gasteiger partial charge on any atom is 0.0598 e. The van der Waals surface area contributed by atoms with Crippen molar-refractivity contribution >= 4 is 48.8 Å². The van der Waals surface area contributed by atoms with Crippen molar-refractivity contribution in [1.29, 1.82) is 0 Å². The summed E-state index contributed by atoms with van der Waals surface area (Å²) in [5.41, 5.74) is 5.12. The Kier molecular flexibility index (Phi) is 8.95. The van der Waals surface area contributed by atoms with E-state index in [2.05, 4.69) is 129 Å². The molecule has 0 aliphatic carbocycles. The van der Waals surface area contributed by atoms with Gasteiger partial charge in [-0.15, -0.1) is 0 Å². The molecule has 0 fully saturated rings. The van der Waals surface area contributed by atoms with Gasteiger partial charge in [0.05, 0.1) is 32.3 Å². The Hall–Kier alpha value is 0.0275. The summed E-state index contributed by atoms with van der Waals surface area (Å²) in [5.74, 6) is 0. The topological polar surface area (TPSA) is 25.8 Å². The van der Waals surface area contributed by atoms with E-state index < -0.39 is 32.3 Å². The van der Waals surface area contributed by atoms with Gasteiger partial charge in [-0.05, 0) is 38.1 Å². The molecule has 2 heterocycles. The Bertz CT molecular complexity index is 890. The molecular formula is C26H50N2P2Si4. The maximum absolute atomic E-state index is 5.28. The van der Waals surface area contributed by atoms with Crippen molar-refractivity contribution in [3.05, 3.63) is 59.2 Å². The summed E-state index contributed by atoms with van der Waals surface area (Å²) in [6.07, 6.45) is 0. The molecule has 0 saturated heterocycles. The molecule has 2 atom stereocenters. The second-order valence-electron chi connectivity index (χ2n) is 14.1. The quantitative estimate of drug-likeness (QED) is 0.224. The number of aromatic nitrogens is 2. The molecule has 2 aromatic rings. The summed E-state index contributed by atoms with van der Waals surface area (Å²) in [4.78, 5) is 10.6. The van der Waals surface area contributed by atoms with Gasteiger partial charge in [0.1, 0.15) is 0 Å². The number of aryl methyl sites for hydroxylation is 2. The summed E-state index contributed by atoms with van der Waals surface area (Å²) in [5, 5.41) is 0. The van der Waals surface area contributed by atoms with Crippen LogP contribution in [0.3, 0.4) is 0 Å². The Morgan fingerprint density at radius 1 is 0.500 bits per heavy atom. The average molecular weight is 565 g/mol. The first-order valence-corrected chi connectivity index (χ1v) is 29.6. The molecule has 0 spiro atoms. The molecule has 34 heavy (non-hydrogen) atoms. The molecule has 0 amide bonds. The largest absolute Gasteiger partial charge is 0.258 e. The highest BCUT2D eigenvalue weighted by Crippen LogP contribution is 2.70. The predicted octanol–water partition coefficient (Wildman–Crippen LogP) is 8.97. The number of hydrogen-bond donors (Lipinski definition) is 0. The fourth-order valence-electron chi connectivity index (χ4n) is 6.36. The Morgan fingerprint density at radius 3 is 0.971 bits per heavy atom. The second kappa shape index (κ2) is 10.1. The van der Waals surface area contributed by atoms with Crippen LogP contribution in [0.5, 0.6) is 0 Å². The maximum atomic E-state index is 5.28. The molecule has 0 N–H and O–H groups in total. The molecule has 0 saturated carbocycles. The lowest BCUT2D eigenvalue weighted by Crippen LogP contribution is -2.63. The zero-order valence-electron chi connectivity index (χ0n) is 24.4. The highest BCUT2D eigenvalue weighted by Gasteiger charge is 2.59. The summed E-state index contributed by atoms with van der Waals surface area (Å²) in [6, 6.07) is 13.6. The highest BCUT2D eigenvalue weighted by atomic mass is 32.0. The van der Waals surface area contributed by atoms with E-state index in [0.717, 1.165) is 27.9 Å². The van der Waals surface area contributed by atoms with E-state index in [1.165, 1.54) is 11.4 Å². The van der Waals surface area contributed by atoms with E-state index in [1.54, 1.807) is 0 Å². The van der Waals surface area contributed by atoms with Crippen LogP contribution in [-0.4, -0.2) is 42.3 Å². The molecule has 2 aromatic heterocycles. The van der Waals surface area contributed by atoms with Crippen LogP contribution in [0.2, 0.25) is 78.6 Å². The van der Waals surface area contributed by atoms with Gasteiger partial charge in [0.15, 0.2) is 0 Å². The summed E-state index contributed by atoms with van der Waals surface area (Å²) >= 11 is 0. The summed E-state index contributed by atoms with van der Waals surface area (Å²) < 4.78 is 0.498. The van der Waals surface area contributed by atoms with Crippen LogP contribution in [0.4, 0.5) is 0 Å². The first-order chi connectivity index (χ1) is 15.2. The van der Waals surface area contributed by atoms with Gasteiger partial charge in [-0.2, -0.15) is 0 Å². The van der Waals surface area contributed by atoms with Crippen molar-refractivity contribution < 1.29 is 0 Å². The van der Waals surface area contributed by atoms with E-state index in [0.29, 0.717) is 0 Å². The van der Waals surface area contributed by atoms with E-state index >= 15 is 0 Å². The molecule has 0 aliphatic heterocycles. The summed E-state index contributed by atoms with van der Waals surface area (Å²) in [7, 11) is -4.73. The van der Waals surface area contributed by atoms with Gasteiger partial charge in [-0.25, -0.2) is 0 Å². The lowest BCUT2D eigenvalue weighted by atomic mass is 10.3. The van der Waals surface area contributed by atoms with E-state index in [1.807, 2.05) is 0 Å². The van der Waals surface area contributed by atoms with Crippen LogP contribution in [0.15, 0.2) is 36.4 Å². The SMILES string of the molecule is Cc1cccc(C(PPC(c2cccc(C)n2)([Si](C)(C)C)[Si](C)(C)C)([Si](C)(C)C)[Si](C)(C)C)n1. The molecule has 2 rings (SSSR count). The van der Waals surface area contributed by atoms with Crippen LogP contribution >= 0.6 is 16.5 Å². The molecule has 0 aliphatic rings. The molecule has 8 heteroatoms. The minimum absolute atomic E-state index is 0.249. The Balaban J connectivity index is 2.86. The average Bonchev–Trinajstić information content (AvgIpc) is 2.61.